The minimum absolute atomic E-state index is 0.773. The zero-order chi connectivity index (χ0) is 14.9. The Morgan fingerprint density at radius 3 is 2.64 bits per heavy atom. The molecule has 0 spiro atoms. The van der Waals surface area contributed by atoms with Gasteiger partial charge in [0.15, 0.2) is 5.65 Å². The maximum absolute atomic E-state index is 4.76. The van der Waals surface area contributed by atoms with Crippen LogP contribution in [0.5, 0.6) is 0 Å². The van der Waals surface area contributed by atoms with Gasteiger partial charge in [-0.05, 0) is 30.7 Å². The Balaban J connectivity index is 1.91. The normalized spacial score (nSPS) is 11.0. The first-order chi connectivity index (χ1) is 10.8. The van der Waals surface area contributed by atoms with Gasteiger partial charge in [0.1, 0.15) is 5.52 Å². The van der Waals surface area contributed by atoms with Crippen molar-refractivity contribution in [3.05, 3.63) is 60.9 Å². The molecule has 0 atom stereocenters. The van der Waals surface area contributed by atoms with Crippen molar-refractivity contribution in [3.8, 4) is 22.4 Å². The number of aryl methyl sites for hydroxylation is 1. The van der Waals surface area contributed by atoms with Gasteiger partial charge in [-0.15, -0.1) is 0 Å². The zero-order valence-corrected chi connectivity index (χ0v) is 12.0. The van der Waals surface area contributed by atoms with Crippen molar-refractivity contribution in [1.29, 1.82) is 0 Å². The summed E-state index contributed by atoms with van der Waals surface area (Å²) < 4.78 is 0. The number of rotatable bonds is 2. The second-order valence-corrected chi connectivity index (χ2v) is 5.14. The number of aromatic nitrogens is 5. The zero-order valence-electron chi connectivity index (χ0n) is 12.0. The van der Waals surface area contributed by atoms with Crippen LogP contribution in [0.3, 0.4) is 0 Å². The molecule has 0 amide bonds. The molecule has 0 aliphatic rings. The fourth-order valence-electron chi connectivity index (χ4n) is 2.48. The molecule has 0 radical (unpaired) electrons. The highest BCUT2D eigenvalue weighted by Gasteiger charge is 2.11. The van der Waals surface area contributed by atoms with Crippen LogP contribution in [-0.2, 0) is 0 Å². The molecule has 0 aromatic carbocycles. The summed E-state index contributed by atoms with van der Waals surface area (Å²) in [5.74, 6) is 0. The van der Waals surface area contributed by atoms with Crippen LogP contribution in [0.25, 0.3) is 33.5 Å². The van der Waals surface area contributed by atoms with E-state index in [-0.39, 0.29) is 0 Å². The quantitative estimate of drug-likeness (QED) is 0.613. The summed E-state index contributed by atoms with van der Waals surface area (Å²) in [6.45, 7) is 2.03. The van der Waals surface area contributed by atoms with E-state index in [9.17, 15) is 0 Å². The summed E-state index contributed by atoms with van der Waals surface area (Å²) in [7, 11) is 0. The molecular weight excluding hydrogens is 274 g/mol. The van der Waals surface area contributed by atoms with Crippen LogP contribution in [0.15, 0.2) is 55.4 Å². The van der Waals surface area contributed by atoms with E-state index in [0.29, 0.717) is 0 Å². The third kappa shape index (κ3) is 2.13. The van der Waals surface area contributed by atoms with Gasteiger partial charge in [0, 0.05) is 47.7 Å². The predicted molar refractivity (Wildman–Crippen MR) is 85.1 cm³/mol. The van der Waals surface area contributed by atoms with Crippen LogP contribution in [0.4, 0.5) is 0 Å². The molecule has 0 aliphatic heterocycles. The van der Waals surface area contributed by atoms with Gasteiger partial charge >= 0.3 is 0 Å². The molecule has 1 N–H and O–H groups in total. The molecule has 5 nitrogen and oxygen atoms in total. The Hall–Kier alpha value is -3.08. The van der Waals surface area contributed by atoms with Crippen molar-refractivity contribution in [2.75, 3.05) is 0 Å². The van der Waals surface area contributed by atoms with Gasteiger partial charge in [-0.1, -0.05) is 0 Å². The molecule has 0 fully saturated rings. The Labute approximate surface area is 127 Å². The number of nitrogens with zero attached hydrogens (tertiary/aromatic N) is 4. The standard InChI is InChI=1S/C17H13N5/c1-11-6-13(8-19-7-11)14-9-20-17-16(14)22-15(10-21-17)12-2-4-18-5-3-12/h2-10H,1H3,(H,20,21). The number of pyridine rings is 2. The number of H-pyrrole nitrogens is 1. The Morgan fingerprint density at radius 1 is 0.955 bits per heavy atom. The largest absolute Gasteiger partial charge is 0.344 e. The maximum atomic E-state index is 4.76. The van der Waals surface area contributed by atoms with Crippen LogP contribution in [0.1, 0.15) is 5.56 Å². The molecule has 0 saturated heterocycles. The first kappa shape index (κ1) is 12.6. The lowest BCUT2D eigenvalue weighted by Crippen LogP contribution is -1.89. The predicted octanol–water partition coefficient (Wildman–Crippen LogP) is 3.39. The second kappa shape index (κ2) is 5.04. The third-order valence-electron chi connectivity index (χ3n) is 3.54. The molecule has 0 aliphatic carbocycles. The smallest absolute Gasteiger partial charge is 0.156 e. The minimum atomic E-state index is 0.773. The van der Waals surface area contributed by atoms with Crippen LogP contribution < -0.4 is 0 Å². The van der Waals surface area contributed by atoms with E-state index >= 15 is 0 Å². The van der Waals surface area contributed by atoms with Gasteiger partial charge in [-0.2, -0.15) is 0 Å². The highest BCUT2D eigenvalue weighted by Crippen LogP contribution is 2.28. The molecule has 0 unspecified atom stereocenters. The van der Waals surface area contributed by atoms with Gasteiger partial charge in [0.25, 0.3) is 0 Å². The molecular formula is C17H13N5. The number of fused-ring (bicyclic) bond motifs is 1. The lowest BCUT2D eigenvalue weighted by Gasteiger charge is -2.02. The molecule has 4 heterocycles. The van der Waals surface area contributed by atoms with Crippen molar-refractivity contribution in [2.24, 2.45) is 0 Å². The molecule has 0 bridgehead atoms. The first-order valence-electron chi connectivity index (χ1n) is 6.98. The number of hydrogen-bond acceptors (Lipinski definition) is 4. The fourth-order valence-corrected chi connectivity index (χ4v) is 2.48. The van der Waals surface area contributed by atoms with Crippen molar-refractivity contribution >= 4 is 11.2 Å². The molecule has 4 aromatic rings. The van der Waals surface area contributed by atoms with E-state index in [0.717, 1.165) is 39.1 Å². The van der Waals surface area contributed by atoms with Gasteiger partial charge in [0.05, 0.1) is 11.9 Å². The van der Waals surface area contributed by atoms with Gasteiger partial charge in [-0.3, -0.25) is 9.97 Å². The summed E-state index contributed by atoms with van der Waals surface area (Å²) in [6, 6.07) is 5.95. The number of nitrogens with one attached hydrogen (secondary N) is 1. The average molecular weight is 287 g/mol. The Kier molecular flexibility index (Phi) is 2.89. The van der Waals surface area contributed by atoms with Crippen LogP contribution >= 0.6 is 0 Å². The summed E-state index contributed by atoms with van der Waals surface area (Å²) in [5.41, 5.74) is 6.61. The highest BCUT2D eigenvalue weighted by molar-refractivity contribution is 5.91. The lowest BCUT2D eigenvalue weighted by molar-refractivity contribution is 1.25. The summed E-state index contributed by atoms with van der Waals surface area (Å²) in [4.78, 5) is 20.7. The van der Waals surface area contributed by atoms with Crippen molar-refractivity contribution < 1.29 is 0 Å². The van der Waals surface area contributed by atoms with E-state index in [4.69, 9.17) is 4.98 Å². The fraction of sp³-hybridized carbons (Fsp3) is 0.0588. The second-order valence-electron chi connectivity index (χ2n) is 5.14. The summed E-state index contributed by atoms with van der Waals surface area (Å²) in [5, 5.41) is 0. The number of hydrogen-bond donors (Lipinski definition) is 1. The average Bonchev–Trinajstić information content (AvgIpc) is 2.99. The molecule has 22 heavy (non-hydrogen) atoms. The van der Waals surface area contributed by atoms with E-state index in [1.54, 1.807) is 18.6 Å². The molecule has 106 valence electrons. The van der Waals surface area contributed by atoms with Gasteiger partial charge < -0.3 is 4.98 Å². The number of aromatic amines is 1. The topological polar surface area (TPSA) is 67.3 Å². The van der Waals surface area contributed by atoms with E-state index < -0.39 is 0 Å². The summed E-state index contributed by atoms with van der Waals surface area (Å²) >= 11 is 0. The maximum Gasteiger partial charge on any atom is 0.156 e. The van der Waals surface area contributed by atoms with Gasteiger partial charge in [0.2, 0.25) is 0 Å². The molecule has 5 heteroatoms. The van der Waals surface area contributed by atoms with Crippen LogP contribution in [0.2, 0.25) is 0 Å². The van der Waals surface area contributed by atoms with E-state index in [1.165, 1.54) is 0 Å². The van der Waals surface area contributed by atoms with Crippen LogP contribution in [-0.4, -0.2) is 24.9 Å². The third-order valence-corrected chi connectivity index (χ3v) is 3.54. The van der Waals surface area contributed by atoms with Crippen molar-refractivity contribution in [1.82, 2.24) is 24.9 Å². The lowest BCUT2D eigenvalue weighted by atomic mass is 10.1. The monoisotopic (exact) mass is 287 g/mol. The molecule has 4 aromatic heterocycles. The van der Waals surface area contributed by atoms with Gasteiger partial charge in [-0.25, -0.2) is 9.97 Å². The van der Waals surface area contributed by atoms with Crippen LogP contribution in [0, 0.1) is 6.92 Å². The van der Waals surface area contributed by atoms with E-state index in [2.05, 4.69) is 26.0 Å². The molecule has 4 rings (SSSR count). The minimum Gasteiger partial charge on any atom is -0.344 e. The SMILES string of the molecule is Cc1cncc(-c2c[nH]c3ncc(-c4ccncc4)nc23)c1. The van der Waals surface area contributed by atoms with Crippen molar-refractivity contribution in [2.45, 2.75) is 6.92 Å². The highest BCUT2D eigenvalue weighted by atomic mass is 14.9. The Bertz CT molecular complexity index is 944. The Morgan fingerprint density at radius 2 is 1.82 bits per heavy atom. The molecule has 0 saturated carbocycles. The summed E-state index contributed by atoms with van der Waals surface area (Å²) in [6.07, 6.45) is 10.9. The first-order valence-corrected chi connectivity index (χ1v) is 6.98. The van der Waals surface area contributed by atoms with E-state index in [1.807, 2.05) is 37.6 Å². The van der Waals surface area contributed by atoms with Crippen molar-refractivity contribution in [3.63, 3.8) is 0 Å².